The van der Waals surface area contributed by atoms with Crippen molar-refractivity contribution in [3.63, 3.8) is 0 Å². The maximum Gasteiger partial charge on any atom is 0.305 e. The van der Waals surface area contributed by atoms with Gasteiger partial charge in [0.1, 0.15) is 12.4 Å². The van der Waals surface area contributed by atoms with Gasteiger partial charge in [-0.25, -0.2) is 8.78 Å². The van der Waals surface area contributed by atoms with E-state index < -0.39 is 23.9 Å². The number of carbonyl (C=O) groups excluding carboxylic acids is 1. The van der Waals surface area contributed by atoms with Crippen LogP contribution in [0.25, 0.3) is 5.57 Å². The Balaban J connectivity index is 2.10. The second kappa shape index (κ2) is 14.3. The van der Waals surface area contributed by atoms with Crippen LogP contribution in [0.2, 0.25) is 0 Å². The number of esters is 1. The van der Waals surface area contributed by atoms with Gasteiger partial charge in [-0.1, -0.05) is 82.4 Å². The molecule has 2 rings (SSSR count). The molecular formula is C27H38F2O4. The largest absolute Gasteiger partial charge is 0.463 e. The van der Waals surface area contributed by atoms with Gasteiger partial charge in [0.25, 0.3) is 0 Å². The van der Waals surface area contributed by atoms with E-state index in [9.17, 15) is 4.79 Å². The first-order valence-corrected chi connectivity index (χ1v) is 12.2. The van der Waals surface area contributed by atoms with Crippen molar-refractivity contribution in [2.45, 2.75) is 90.2 Å². The van der Waals surface area contributed by atoms with E-state index >= 15 is 8.78 Å². The zero-order valence-corrected chi connectivity index (χ0v) is 20.2. The maximum atomic E-state index is 15.5. The Morgan fingerprint density at radius 2 is 1.76 bits per heavy atom. The summed E-state index contributed by atoms with van der Waals surface area (Å²) in [5, 5.41) is 0. The third-order valence-corrected chi connectivity index (χ3v) is 5.57. The van der Waals surface area contributed by atoms with E-state index in [0.29, 0.717) is 12.0 Å². The second-order valence-corrected chi connectivity index (χ2v) is 8.52. The molecule has 3 atom stereocenters. The summed E-state index contributed by atoms with van der Waals surface area (Å²) in [4.78, 5) is 11.8. The van der Waals surface area contributed by atoms with Gasteiger partial charge in [-0.15, -0.1) is 0 Å². The summed E-state index contributed by atoms with van der Waals surface area (Å²) in [5.74, 6) is -3.16. The molecule has 0 bridgehead atoms. The van der Waals surface area contributed by atoms with Crippen LogP contribution in [0.1, 0.15) is 77.7 Å². The molecule has 1 aromatic rings. The lowest BCUT2D eigenvalue weighted by atomic mass is 9.93. The van der Waals surface area contributed by atoms with Crippen molar-refractivity contribution in [1.82, 2.24) is 0 Å². The molecule has 0 N–H and O–H groups in total. The lowest BCUT2D eigenvalue weighted by Crippen LogP contribution is -2.48. The van der Waals surface area contributed by atoms with E-state index in [-0.39, 0.29) is 24.8 Å². The van der Waals surface area contributed by atoms with E-state index in [2.05, 4.69) is 6.92 Å². The lowest BCUT2D eigenvalue weighted by molar-refractivity contribution is -0.258. The zero-order chi connectivity index (χ0) is 24.1. The summed E-state index contributed by atoms with van der Waals surface area (Å²) in [6.45, 7) is 5.97. The molecule has 6 heteroatoms. The van der Waals surface area contributed by atoms with Crippen molar-refractivity contribution in [1.29, 1.82) is 0 Å². The van der Waals surface area contributed by atoms with Gasteiger partial charge in [0, 0.05) is 12.0 Å². The van der Waals surface area contributed by atoms with Crippen LogP contribution in [-0.2, 0) is 19.0 Å². The second-order valence-electron chi connectivity index (χ2n) is 8.52. The van der Waals surface area contributed by atoms with Gasteiger partial charge in [-0.05, 0) is 31.4 Å². The molecule has 1 aliphatic carbocycles. The van der Waals surface area contributed by atoms with Crippen molar-refractivity contribution in [2.24, 2.45) is 0 Å². The van der Waals surface area contributed by atoms with Gasteiger partial charge in [-0.3, -0.25) is 4.79 Å². The van der Waals surface area contributed by atoms with Gasteiger partial charge in [0.15, 0.2) is 0 Å². The van der Waals surface area contributed by atoms with Crippen LogP contribution in [-0.4, -0.2) is 37.2 Å². The highest BCUT2D eigenvalue weighted by atomic mass is 19.2. The lowest BCUT2D eigenvalue weighted by Gasteiger charge is -2.37. The fourth-order valence-corrected chi connectivity index (χ4v) is 3.67. The summed E-state index contributed by atoms with van der Waals surface area (Å²) < 4.78 is 47.8. The topological polar surface area (TPSA) is 44.8 Å². The molecule has 0 saturated heterocycles. The predicted octanol–water partition coefficient (Wildman–Crippen LogP) is 7.10. The average Bonchev–Trinajstić information content (AvgIpc) is 2.82. The van der Waals surface area contributed by atoms with Crippen molar-refractivity contribution in [3.8, 4) is 0 Å². The van der Waals surface area contributed by atoms with Crippen LogP contribution in [0.3, 0.4) is 0 Å². The Bertz CT molecular complexity index is 778. The molecular weight excluding hydrogens is 426 g/mol. The SMILES string of the molecule is CCCCCCCOC1(OC(C)COC(=O)CCCC)C=CC(c2ccccc2)=C(F)C1F. The molecule has 3 unspecified atom stereocenters. The molecule has 0 amide bonds. The van der Waals surface area contributed by atoms with Crippen molar-refractivity contribution in [2.75, 3.05) is 13.2 Å². The number of carbonyl (C=O) groups is 1. The van der Waals surface area contributed by atoms with Gasteiger partial charge >= 0.3 is 5.97 Å². The minimum absolute atomic E-state index is 0.0540. The number of hydrogen-bond acceptors (Lipinski definition) is 4. The van der Waals surface area contributed by atoms with E-state index in [4.69, 9.17) is 14.2 Å². The monoisotopic (exact) mass is 464 g/mol. The molecule has 0 aromatic heterocycles. The van der Waals surface area contributed by atoms with Crippen molar-refractivity contribution in [3.05, 3.63) is 53.9 Å². The summed E-state index contributed by atoms with van der Waals surface area (Å²) >= 11 is 0. The standard InChI is InChI=1S/C27H38F2O4/c1-4-6-8-9-13-19-32-27(33-21(3)20-31-24(30)16-7-5-2)18-17-23(25(28)26(27)29)22-14-11-10-12-15-22/h10-12,14-15,17-18,21,26H,4-9,13,16,19-20H2,1-3H3. The smallest absolute Gasteiger partial charge is 0.305 e. The number of unbranched alkanes of at least 4 members (excludes halogenated alkanes) is 5. The third kappa shape index (κ3) is 8.35. The molecule has 1 aliphatic rings. The molecule has 0 aliphatic heterocycles. The van der Waals surface area contributed by atoms with E-state index in [1.807, 2.05) is 13.0 Å². The van der Waals surface area contributed by atoms with Crippen LogP contribution in [0.5, 0.6) is 0 Å². The van der Waals surface area contributed by atoms with E-state index in [1.165, 1.54) is 12.2 Å². The van der Waals surface area contributed by atoms with E-state index in [0.717, 1.165) is 44.9 Å². The first-order valence-electron chi connectivity index (χ1n) is 12.2. The minimum Gasteiger partial charge on any atom is -0.463 e. The Hall–Kier alpha value is -2.05. The highest BCUT2D eigenvalue weighted by molar-refractivity contribution is 5.77. The first-order chi connectivity index (χ1) is 15.9. The minimum atomic E-state index is -2.13. The number of benzene rings is 1. The van der Waals surface area contributed by atoms with Gasteiger partial charge in [0.2, 0.25) is 12.0 Å². The molecule has 0 radical (unpaired) electrons. The van der Waals surface area contributed by atoms with Crippen LogP contribution in [0.4, 0.5) is 8.78 Å². The average molecular weight is 465 g/mol. The number of hydrogen-bond donors (Lipinski definition) is 0. The van der Waals surface area contributed by atoms with E-state index in [1.54, 1.807) is 31.2 Å². The Kier molecular flexibility index (Phi) is 11.8. The van der Waals surface area contributed by atoms with Crippen LogP contribution in [0.15, 0.2) is 48.3 Å². The Labute approximate surface area is 197 Å². The molecule has 4 nitrogen and oxygen atoms in total. The maximum absolute atomic E-state index is 15.5. The number of ether oxygens (including phenoxy) is 3. The number of rotatable bonds is 15. The fraction of sp³-hybridized carbons (Fsp3) is 0.593. The number of halogens is 2. The van der Waals surface area contributed by atoms with Gasteiger partial charge < -0.3 is 14.2 Å². The number of alkyl halides is 1. The highest BCUT2D eigenvalue weighted by Crippen LogP contribution is 2.39. The van der Waals surface area contributed by atoms with Gasteiger partial charge in [0.05, 0.1) is 12.7 Å². The summed E-state index contributed by atoms with van der Waals surface area (Å²) in [7, 11) is 0. The van der Waals surface area contributed by atoms with Crippen molar-refractivity contribution >= 4 is 11.5 Å². The Morgan fingerprint density at radius 1 is 1.06 bits per heavy atom. The summed E-state index contributed by atoms with van der Waals surface area (Å²) in [5.41, 5.74) is 0.757. The zero-order valence-electron chi connectivity index (χ0n) is 20.2. The summed E-state index contributed by atoms with van der Waals surface area (Å²) in [6.07, 6.45) is 7.10. The third-order valence-electron chi connectivity index (χ3n) is 5.57. The Morgan fingerprint density at radius 3 is 2.45 bits per heavy atom. The molecule has 0 spiro atoms. The first kappa shape index (κ1) is 27.2. The molecule has 1 aromatic carbocycles. The quantitative estimate of drug-likeness (QED) is 0.158. The van der Waals surface area contributed by atoms with Crippen LogP contribution >= 0.6 is 0 Å². The molecule has 0 fully saturated rings. The highest BCUT2D eigenvalue weighted by Gasteiger charge is 2.47. The molecule has 0 saturated carbocycles. The van der Waals surface area contributed by atoms with Gasteiger partial charge in [-0.2, -0.15) is 0 Å². The van der Waals surface area contributed by atoms with Crippen molar-refractivity contribution < 1.29 is 27.8 Å². The normalized spacial score (nSPS) is 21.3. The van der Waals surface area contributed by atoms with Crippen LogP contribution < -0.4 is 0 Å². The predicted molar refractivity (Wildman–Crippen MR) is 127 cm³/mol. The molecule has 0 heterocycles. The fourth-order valence-electron chi connectivity index (χ4n) is 3.67. The number of allylic oxidation sites excluding steroid dienone is 2. The molecule has 33 heavy (non-hydrogen) atoms. The molecule has 184 valence electrons. The van der Waals surface area contributed by atoms with Crippen LogP contribution in [0, 0.1) is 0 Å². The summed E-state index contributed by atoms with van der Waals surface area (Å²) in [6, 6.07) is 8.83.